The van der Waals surface area contributed by atoms with Gasteiger partial charge in [0.1, 0.15) is 0 Å². The molecule has 9 nitrogen and oxygen atoms in total. The number of hydrogen-bond acceptors (Lipinski definition) is 6. The van der Waals surface area contributed by atoms with E-state index in [2.05, 4.69) is 15.4 Å². The molecule has 154 valence electrons. The quantitative estimate of drug-likeness (QED) is 0.382. The van der Waals surface area contributed by atoms with E-state index in [4.69, 9.17) is 0 Å². The lowest BCUT2D eigenvalue weighted by Crippen LogP contribution is -2.29. The maximum Gasteiger partial charge on any atom is 0.275 e. The van der Waals surface area contributed by atoms with Gasteiger partial charge in [0.2, 0.25) is 0 Å². The van der Waals surface area contributed by atoms with Gasteiger partial charge in [0.15, 0.2) is 0 Å². The third kappa shape index (κ3) is 4.30. The van der Waals surface area contributed by atoms with Gasteiger partial charge >= 0.3 is 0 Å². The van der Waals surface area contributed by atoms with E-state index in [1.54, 1.807) is 42.6 Å². The Kier molecular flexibility index (Phi) is 5.48. The smallest absolute Gasteiger partial charge is 0.275 e. The molecule has 0 unspecified atom stereocenters. The minimum absolute atomic E-state index is 0.0822. The fraction of sp³-hybridized carbons (Fsp3) is 0.0909. The molecule has 0 aliphatic heterocycles. The van der Waals surface area contributed by atoms with Crippen molar-refractivity contribution in [3.63, 3.8) is 0 Å². The van der Waals surface area contributed by atoms with Crippen LogP contribution >= 0.6 is 0 Å². The highest BCUT2D eigenvalue weighted by Crippen LogP contribution is 2.15. The van der Waals surface area contributed by atoms with Crippen molar-refractivity contribution >= 4 is 22.4 Å². The van der Waals surface area contributed by atoms with E-state index in [9.17, 15) is 19.7 Å². The first kappa shape index (κ1) is 19.9. The van der Waals surface area contributed by atoms with Crippen molar-refractivity contribution in [2.75, 3.05) is 0 Å². The van der Waals surface area contributed by atoms with Gasteiger partial charge in [0, 0.05) is 29.3 Å². The van der Waals surface area contributed by atoms with Crippen LogP contribution in [0.5, 0.6) is 0 Å². The second-order valence-electron chi connectivity index (χ2n) is 6.76. The lowest BCUT2D eigenvalue weighted by molar-refractivity contribution is -0.384. The summed E-state index contributed by atoms with van der Waals surface area (Å²) in [7, 11) is 0. The molecule has 0 spiro atoms. The Morgan fingerprint density at radius 3 is 2.39 bits per heavy atom. The van der Waals surface area contributed by atoms with Crippen LogP contribution in [0, 0.1) is 10.1 Å². The number of nitro groups is 1. The van der Waals surface area contributed by atoms with Crippen LogP contribution in [0.3, 0.4) is 0 Å². The number of pyridine rings is 1. The van der Waals surface area contributed by atoms with Crippen molar-refractivity contribution in [3.8, 4) is 0 Å². The Bertz CT molecular complexity index is 1320. The van der Waals surface area contributed by atoms with E-state index in [0.29, 0.717) is 22.2 Å². The average molecular weight is 415 g/mol. The SMILES string of the molecule is O=C(NCc1nn(Cc2ccccn2)c(=O)c2ccccc12)c1ccc([N+](=O)[O-])cc1. The topological polar surface area (TPSA) is 120 Å². The molecule has 31 heavy (non-hydrogen) atoms. The Labute approximate surface area is 176 Å². The summed E-state index contributed by atoms with van der Waals surface area (Å²) >= 11 is 0. The number of nitrogens with one attached hydrogen (secondary N) is 1. The zero-order valence-corrected chi connectivity index (χ0v) is 16.3. The maximum absolute atomic E-state index is 12.9. The highest BCUT2D eigenvalue weighted by atomic mass is 16.6. The van der Waals surface area contributed by atoms with E-state index in [0.717, 1.165) is 0 Å². The standard InChI is InChI=1S/C22H17N5O4/c28-21(15-8-10-17(11-9-15)27(30)31)24-13-20-18-6-1-2-7-19(18)22(29)26(25-20)14-16-5-3-4-12-23-16/h1-12H,13-14H2,(H,24,28). The van der Waals surface area contributed by atoms with E-state index in [1.807, 2.05) is 6.07 Å². The molecule has 9 heteroatoms. The van der Waals surface area contributed by atoms with Crippen molar-refractivity contribution in [1.29, 1.82) is 0 Å². The Morgan fingerprint density at radius 1 is 1.00 bits per heavy atom. The number of aromatic nitrogens is 3. The number of carbonyl (C=O) groups excluding carboxylic acids is 1. The summed E-state index contributed by atoms with van der Waals surface area (Å²) in [5.74, 6) is -0.400. The highest BCUT2D eigenvalue weighted by molar-refractivity contribution is 5.94. The number of nitrogens with zero attached hydrogens (tertiary/aromatic N) is 4. The van der Waals surface area contributed by atoms with Crippen LogP contribution in [0.25, 0.3) is 10.8 Å². The van der Waals surface area contributed by atoms with Crippen LogP contribution in [0.4, 0.5) is 5.69 Å². The summed E-state index contributed by atoms with van der Waals surface area (Å²) in [5, 5.41) is 19.1. The molecule has 4 aromatic rings. The fourth-order valence-electron chi connectivity index (χ4n) is 3.19. The minimum Gasteiger partial charge on any atom is -0.346 e. The molecular formula is C22H17N5O4. The van der Waals surface area contributed by atoms with Crippen LogP contribution in [0.2, 0.25) is 0 Å². The van der Waals surface area contributed by atoms with E-state index in [1.165, 1.54) is 28.9 Å². The van der Waals surface area contributed by atoms with Gasteiger partial charge in [0.05, 0.1) is 34.8 Å². The van der Waals surface area contributed by atoms with Gasteiger partial charge in [-0.05, 0) is 30.3 Å². The number of non-ortho nitro benzene ring substituents is 1. The van der Waals surface area contributed by atoms with Gasteiger partial charge < -0.3 is 5.32 Å². The Hall–Kier alpha value is -4.40. The maximum atomic E-state index is 12.9. The molecule has 1 amide bonds. The fourth-order valence-corrected chi connectivity index (χ4v) is 3.19. The van der Waals surface area contributed by atoms with Crippen molar-refractivity contribution in [1.82, 2.24) is 20.1 Å². The lowest BCUT2D eigenvalue weighted by Gasteiger charge is -2.12. The van der Waals surface area contributed by atoms with Crippen LogP contribution in [0.15, 0.2) is 77.7 Å². The molecule has 0 atom stereocenters. The summed E-state index contributed by atoms with van der Waals surface area (Å²) in [6.07, 6.45) is 1.65. The molecule has 4 rings (SSSR count). The summed E-state index contributed by atoms with van der Waals surface area (Å²) < 4.78 is 1.33. The van der Waals surface area contributed by atoms with Crippen molar-refractivity contribution in [3.05, 3.63) is 110 Å². The second kappa shape index (κ2) is 8.54. The predicted octanol–water partition coefficient (Wildman–Crippen LogP) is 2.68. The van der Waals surface area contributed by atoms with Crippen LogP contribution < -0.4 is 10.9 Å². The summed E-state index contributed by atoms with van der Waals surface area (Å²) in [4.78, 5) is 39.8. The number of benzene rings is 2. The number of rotatable bonds is 6. The number of hydrogen-bond donors (Lipinski definition) is 1. The number of carbonyl (C=O) groups is 1. The summed E-state index contributed by atoms with van der Waals surface area (Å²) in [5.41, 5.74) is 1.17. The monoisotopic (exact) mass is 415 g/mol. The normalized spacial score (nSPS) is 10.7. The minimum atomic E-state index is -0.525. The van der Waals surface area contributed by atoms with Gasteiger partial charge in [-0.3, -0.25) is 24.7 Å². The summed E-state index contributed by atoms with van der Waals surface area (Å²) in [6.45, 7) is 0.284. The van der Waals surface area contributed by atoms with Crippen LogP contribution in [-0.2, 0) is 13.1 Å². The molecule has 0 saturated heterocycles. The molecule has 1 N–H and O–H groups in total. The first-order valence-electron chi connectivity index (χ1n) is 9.44. The number of nitro benzene ring substituents is 1. The molecule has 0 aliphatic rings. The third-order valence-electron chi connectivity index (χ3n) is 4.74. The number of amides is 1. The Morgan fingerprint density at radius 2 is 1.71 bits per heavy atom. The largest absolute Gasteiger partial charge is 0.346 e. The van der Waals surface area contributed by atoms with Gasteiger partial charge in [-0.15, -0.1) is 0 Å². The molecular weight excluding hydrogens is 398 g/mol. The van der Waals surface area contributed by atoms with Crippen LogP contribution in [0.1, 0.15) is 21.7 Å². The molecule has 0 radical (unpaired) electrons. The third-order valence-corrected chi connectivity index (χ3v) is 4.74. The van der Waals surface area contributed by atoms with Crippen molar-refractivity contribution in [2.45, 2.75) is 13.1 Å². The summed E-state index contributed by atoms with van der Waals surface area (Å²) in [6, 6.07) is 17.8. The predicted molar refractivity (Wildman–Crippen MR) is 114 cm³/mol. The van der Waals surface area contributed by atoms with Gasteiger partial charge in [0.25, 0.3) is 17.2 Å². The molecule has 2 aromatic heterocycles. The van der Waals surface area contributed by atoms with Crippen molar-refractivity contribution in [2.24, 2.45) is 0 Å². The van der Waals surface area contributed by atoms with E-state index < -0.39 is 10.8 Å². The van der Waals surface area contributed by atoms with Gasteiger partial charge in [-0.1, -0.05) is 24.3 Å². The second-order valence-corrected chi connectivity index (χ2v) is 6.76. The number of fused-ring (bicyclic) bond motifs is 1. The first-order chi connectivity index (χ1) is 15.0. The van der Waals surface area contributed by atoms with Gasteiger partial charge in [-0.25, -0.2) is 4.68 Å². The molecule has 0 saturated carbocycles. The molecule has 2 aromatic carbocycles. The van der Waals surface area contributed by atoms with E-state index in [-0.39, 0.29) is 29.9 Å². The lowest BCUT2D eigenvalue weighted by atomic mass is 10.1. The average Bonchev–Trinajstić information content (AvgIpc) is 2.80. The zero-order valence-electron chi connectivity index (χ0n) is 16.3. The zero-order chi connectivity index (χ0) is 21.8. The molecule has 0 aliphatic carbocycles. The Balaban J connectivity index is 1.62. The molecule has 0 fully saturated rings. The van der Waals surface area contributed by atoms with Gasteiger partial charge in [-0.2, -0.15) is 5.10 Å². The highest BCUT2D eigenvalue weighted by Gasteiger charge is 2.14. The van der Waals surface area contributed by atoms with E-state index >= 15 is 0 Å². The molecule has 2 heterocycles. The van der Waals surface area contributed by atoms with Crippen LogP contribution in [-0.4, -0.2) is 25.6 Å². The molecule has 0 bridgehead atoms. The first-order valence-corrected chi connectivity index (χ1v) is 9.44. The van der Waals surface area contributed by atoms with Crippen molar-refractivity contribution < 1.29 is 9.72 Å².